The number of nitrogens with one attached hydrogen (secondary N) is 1. The van der Waals surface area contributed by atoms with E-state index in [4.69, 9.17) is 4.74 Å². The molecule has 4 nitrogen and oxygen atoms in total. The van der Waals surface area contributed by atoms with Crippen molar-refractivity contribution in [1.29, 1.82) is 0 Å². The molecule has 1 aromatic carbocycles. The Morgan fingerprint density at radius 3 is 2.65 bits per heavy atom. The van der Waals surface area contributed by atoms with Crippen molar-refractivity contribution in [3.63, 3.8) is 0 Å². The Kier molecular flexibility index (Phi) is 5.18. The van der Waals surface area contributed by atoms with Gasteiger partial charge in [0.25, 0.3) is 0 Å². The van der Waals surface area contributed by atoms with Gasteiger partial charge in [-0.25, -0.2) is 0 Å². The maximum absolute atomic E-state index is 5.25. The third kappa shape index (κ3) is 4.10. The van der Waals surface area contributed by atoms with Crippen LogP contribution in [0.4, 0.5) is 5.69 Å². The molecule has 0 amide bonds. The molecule has 0 radical (unpaired) electrons. The fourth-order valence-corrected chi connectivity index (χ4v) is 2.09. The van der Waals surface area contributed by atoms with Crippen LogP contribution in [0.5, 0.6) is 0 Å². The highest BCUT2D eigenvalue weighted by Gasteiger charge is 2.13. The van der Waals surface area contributed by atoms with Crippen molar-refractivity contribution in [3.05, 3.63) is 48.3 Å². The maximum atomic E-state index is 5.25. The van der Waals surface area contributed by atoms with Crippen molar-refractivity contribution < 1.29 is 4.74 Å². The summed E-state index contributed by atoms with van der Waals surface area (Å²) in [7, 11) is 1.73. The van der Waals surface area contributed by atoms with Gasteiger partial charge >= 0.3 is 0 Å². The van der Waals surface area contributed by atoms with Crippen LogP contribution in [0.1, 0.15) is 19.4 Å². The topological polar surface area (TPSA) is 39.1 Å². The standard InChI is InChI=1S/C16H23N3O/c1-13(2)16(12-20-3)18-15-9-17-19(11-15)10-14-7-5-4-6-8-14/h4-9,11,13,16,18H,10,12H2,1-3H3. The van der Waals surface area contributed by atoms with Crippen LogP contribution in [0.15, 0.2) is 42.7 Å². The highest BCUT2D eigenvalue weighted by atomic mass is 16.5. The molecule has 0 aliphatic carbocycles. The first-order valence-corrected chi connectivity index (χ1v) is 7.01. The van der Waals surface area contributed by atoms with Gasteiger partial charge < -0.3 is 10.1 Å². The van der Waals surface area contributed by atoms with Gasteiger partial charge in [-0.05, 0) is 11.5 Å². The number of anilines is 1. The van der Waals surface area contributed by atoms with E-state index >= 15 is 0 Å². The number of methoxy groups -OCH3 is 1. The molecule has 0 spiro atoms. The van der Waals surface area contributed by atoms with Crippen molar-refractivity contribution in [2.45, 2.75) is 26.4 Å². The fraction of sp³-hybridized carbons (Fsp3) is 0.438. The molecule has 20 heavy (non-hydrogen) atoms. The van der Waals surface area contributed by atoms with Crippen LogP contribution in [-0.2, 0) is 11.3 Å². The van der Waals surface area contributed by atoms with Crippen molar-refractivity contribution in [2.24, 2.45) is 5.92 Å². The summed E-state index contributed by atoms with van der Waals surface area (Å²) in [5, 5.41) is 7.87. The predicted octanol–water partition coefficient (Wildman–Crippen LogP) is 3.01. The minimum Gasteiger partial charge on any atom is -0.383 e. The first-order valence-electron chi connectivity index (χ1n) is 7.01. The van der Waals surface area contributed by atoms with Crippen molar-refractivity contribution in [1.82, 2.24) is 9.78 Å². The first-order chi connectivity index (χ1) is 9.69. The largest absolute Gasteiger partial charge is 0.383 e. The van der Waals surface area contributed by atoms with Gasteiger partial charge in [0.2, 0.25) is 0 Å². The van der Waals surface area contributed by atoms with Gasteiger partial charge in [-0.2, -0.15) is 5.10 Å². The Bertz CT molecular complexity index is 507. The zero-order valence-corrected chi connectivity index (χ0v) is 12.4. The number of rotatable bonds is 7. The lowest BCUT2D eigenvalue weighted by Gasteiger charge is -2.21. The van der Waals surface area contributed by atoms with E-state index in [0.717, 1.165) is 12.2 Å². The van der Waals surface area contributed by atoms with E-state index in [-0.39, 0.29) is 0 Å². The van der Waals surface area contributed by atoms with Crippen molar-refractivity contribution in [2.75, 3.05) is 19.0 Å². The summed E-state index contributed by atoms with van der Waals surface area (Å²) in [4.78, 5) is 0. The lowest BCUT2D eigenvalue weighted by molar-refractivity contribution is 0.171. The molecule has 1 aromatic heterocycles. The van der Waals surface area contributed by atoms with Gasteiger partial charge in [-0.3, -0.25) is 4.68 Å². The normalized spacial score (nSPS) is 12.6. The summed E-state index contributed by atoms with van der Waals surface area (Å²) < 4.78 is 7.20. The zero-order chi connectivity index (χ0) is 14.4. The monoisotopic (exact) mass is 273 g/mol. The third-order valence-corrected chi connectivity index (χ3v) is 3.32. The number of hydrogen-bond acceptors (Lipinski definition) is 3. The average Bonchev–Trinajstić information content (AvgIpc) is 2.86. The van der Waals surface area contributed by atoms with E-state index in [1.165, 1.54) is 5.56 Å². The maximum Gasteiger partial charge on any atom is 0.0729 e. The van der Waals surface area contributed by atoms with Gasteiger partial charge in [0.15, 0.2) is 0 Å². The Balaban J connectivity index is 1.98. The van der Waals surface area contributed by atoms with Crippen LogP contribution in [0.3, 0.4) is 0 Å². The molecule has 0 bridgehead atoms. The van der Waals surface area contributed by atoms with Gasteiger partial charge in [0.05, 0.1) is 31.1 Å². The summed E-state index contributed by atoms with van der Waals surface area (Å²) >= 11 is 0. The SMILES string of the molecule is COCC(Nc1cnn(Cc2ccccc2)c1)C(C)C. The average molecular weight is 273 g/mol. The molecular weight excluding hydrogens is 250 g/mol. The molecule has 0 fully saturated rings. The molecule has 0 aliphatic rings. The van der Waals surface area contributed by atoms with Crippen LogP contribution in [0, 0.1) is 5.92 Å². The van der Waals surface area contributed by atoms with E-state index in [1.54, 1.807) is 7.11 Å². The quantitative estimate of drug-likeness (QED) is 0.843. The van der Waals surface area contributed by atoms with Crippen LogP contribution in [0.2, 0.25) is 0 Å². The number of benzene rings is 1. The second kappa shape index (κ2) is 7.10. The zero-order valence-electron chi connectivity index (χ0n) is 12.4. The summed E-state index contributed by atoms with van der Waals surface area (Å²) in [6, 6.07) is 10.6. The minimum atomic E-state index is 0.300. The number of ether oxygens (including phenoxy) is 1. The van der Waals surface area contributed by atoms with Crippen LogP contribution < -0.4 is 5.32 Å². The summed E-state index contributed by atoms with van der Waals surface area (Å²) in [5.74, 6) is 0.507. The Hall–Kier alpha value is -1.81. The second-order valence-electron chi connectivity index (χ2n) is 5.36. The van der Waals surface area contributed by atoms with Gasteiger partial charge in [-0.15, -0.1) is 0 Å². The lowest BCUT2D eigenvalue weighted by Crippen LogP contribution is -2.30. The van der Waals surface area contributed by atoms with Gasteiger partial charge in [-0.1, -0.05) is 44.2 Å². The number of hydrogen-bond donors (Lipinski definition) is 1. The molecule has 1 unspecified atom stereocenters. The van der Waals surface area contributed by atoms with Crippen LogP contribution >= 0.6 is 0 Å². The smallest absolute Gasteiger partial charge is 0.0729 e. The van der Waals surface area contributed by atoms with E-state index in [2.05, 4.69) is 36.4 Å². The molecule has 2 rings (SSSR count). The van der Waals surface area contributed by atoms with E-state index < -0.39 is 0 Å². The molecule has 1 N–H and O–H groups in total. The molecular formula is C16H23N3O. The Morgan fingerprint density at radius 2 is 2.00 bits per heavy atom. The highest BCUT2D eigenvalue weighted by molar-refractivity contribution is 5.39. The van der Waals surface area contributed by atoms with E-state index in [9.17, 15) is 0 Å². The number of nitrogens with zero attached hydrogens (tertiary/aromatic N) is 2. The second-order valence-corrected chi connectivity index (χ2v) is 5.36. The summed E-state index contributed by atoms with van der Waals surface area (Å²) in [6.45, 7) is 5.86. The molecule has 2 aromatic rings. The van der Waals surface area contributed by atoms with E-state index in [0.29, 0.717) is 18.6 Å². The van der Waals surface area contributed by atoms with Gasteiger partial charge in [0.1, 0.15) is 0 Å². The van der Waals surface area contributed by atoms with Crippen LogP contribution in [0.25, 0.3) is 0 Å². The van der Waals surface area contributed by atoms with Gasteiger partial charge in [0, 0.05) is 13.3 Å². The van der Waals surface area contributed by atoms with Crippen LogP contribution in [-0.4, -0.2) is 29.5 Å². The molecule has 108 valence electrons. The van der Waals surface area contributed by atoms with E-state index in [1.807, 2.05) is 35.3 Å². The van der Waals surface area contributed by atoms with Crippen molar-refractivity contribution in [3.8, 4) is 0 Å². The third-order valence-electron chi connectivity index (χ3n) is 3.32. The molecule has 0 aliphatic heterocycles. The minimum absolute atomic E-state index is 0.300. The first kappa shape index (κ1) is 14.6. The molecule has 0 saturated heterocycles. The predicted molar refractivity (Wildman–Crippen MR) is 81.9 cm³/mol. The Labute approximate surface area is 120 Å². The Morgan fingerprint density at radius 1 is 1.25 bits per heavy atom. The molecule has 0 saturated carbocycles. The molecule has 4 heteroatoms. The van der Waals surface area contributed by atoms with Crippen molar-refractivity contribution >= 4 is 5.69 Å². The molecule has 1 atom stereocenters. The fourth-order valence-electron chi connectivity index (χ4n) is 2.09. The molecule has 1 heterocycles. The highest BCUT2D eigenvalue weighted by Crippen LogP contribution is 2.13. The lowest BCUT2D eigenvalue weighted by atomic mass is 10.1. The summed E-state index contributed by atoms with van der Waals surface area (Å²) in [5.41, 5.74) is 2.29. The number of aromatic nitrogens is 2. The summed E-state index contributed by atoms with van der Waals surface area (Å²) in [6.07, 6.45) is 3.91.